The molecule has 3 aliphatic rings. The van der Waals surface area contributed by atoms with Gasteiger partial charge in [0, 0.05) is 24.2 Å². The summed E-state index contributed by atoms with van der Waals surface area (Å²) in [5.41, 5.74) is 2.13. The van der Waals surface area contributed by atoms with Crippen LogP contribution in [0, 0.1) is 11.8 Å². The van der Waals surface area contributed by atoms with Gasteiger partial charge in [0.25, 0.3) is 0 Å². The minimum Gasteiger partial charge on any atom is -0.497 e. The zero-order valence-corrected chi connectivity index (χ0v) is 14.7. The van der Waals surface area contributed by atoms with E-state index in [1.54, 1.807) is 7.11 Å². The Hall–Kier alpha value is -1.58. The standard InChI is InChI=1S/C20H23ClN2O/c1-3-13-12-23-9-7-14(13)10-19(23)20(21)16-6-8-22-18-5-4-15(24-2)11-17(16)18/h3-6,8,11,13-14,19-20H,1,7,9-10,12H2,2H3. The van der Waals surface area contributed by atoms with Crippen LogP contribution in [0.1, 0.15) is 23.8 Å². The highest BCUT2D eigenvalue weighted by Gasteiger charge is 2.42. The van der Waals surface area contributed by atoms with Crippen molar-refractivity contribution in [1.82, 2.24) is 9.88 Å². The Morgan fingerprint density at radius 2 is 2.29 bits per heavy atom. The van der Waals surface area contributed by atoms with Crippen molar-refractivity contribution in [2.45, 2.75) is 24.3 Å². The van der Waals surface area contributed by atoms with Crippen LogP contribution in [0.4, 0.5) is 0 Å². The third kappa shape index (κ3) is 2.60. The van der Waals surface area contributed by atoms with Crippen LogP contribution in [-0.4, -0.2) is 36.1 Å². The molecule has 5 rings (SSSR count). The summed E-state index contributed by atoms with van der Waals surface area (Å²) in [5, 5.41) is 1.07. The van der Waals surface area contributed by atoms with Gasteiger partial charge in [-0.1, -0.05) is 6.08 Å². The van der Waals surface area contributed by atoms with Gasteiger partial charge in [-0.3, -0.25) is 9.88 Å². The van der Waals surface area contributed by atoms with Crippen LogP contribution in [0.25, 0.3) is 10.9 Å². The molecule has 0 aliphatic carbocycles. The molecule has 126 valence electrons. The Bertz CT molecular complexity index is 762. The maximum Gasteiger partial charge on any atom is 0.119 e. The van der Waals surface area contributed by atoms with E-state index in [9.17, 15) is 0 Å². The van der Waals surface area contributed by atoms with Gasteiger partial charge in [0.15, 0.2) is 0 Å². The molecule has 4 heterocycles. The lowest BCUT2D eigenvalue weighted by Crippen LogP contribution is -2.54. The summed E-state index contributed by atoms with van der Waals surface area (Å²) < 4.78 is 5.39. The summed E-state index contributed by atoms with van der Waals surface area (Å²) in [6.45, 7) is 6.25. The van der Waals surface area contributed by atoms with Gasteiger partial charge in [0.05, 0.1) is 18.0 Å². The van der Waals surface area contributed by atoms with E-state index < -0.39 is 0 Å². The van der Waals surface area contributed by atoms with Crippen molar-refractivity contribution in [2.75, 3.05) is 20.2 Å². The molecule has 1 aromatic heterocycles. The highest BCUT2D eigenvalue weighted by molar-refractivity contribution is 6.22. The van der Waals surface area contributed by atoms with Gasteiger partial charge in [-0.25, -0.2) is 0 Å². The van der Waals surface area contributed by atoms with Crippen LogP contribution >= 0.6 is 11.6 Å². The molecule has 5 unspecified atom stereocenters. The molecule has 3 fully saturated rings. The van der Waals surface area contributed by atoms with Crippen molar-refractivity contribution < 1.29 is 4.74 Å². The Morgan fingerprint density at radius 3 is 3.00 bits per heavy atom. The molecular formula is C20H23ClN2O. The fourth-order valence-electron chi connectivity index (χ4n) is 4.40. The van der Waals surface area contributed by atoms with E-state index in [2.05, 4.69) is 34.7 Å². The van der Waals surface area contributed by atoms with Crippen LogP contribution < -0.4 is 4.74 Å². The molecule has 0 saturated carbocycles. The molecular weight excluding hydrogens is 320 g/mol. The summed E-state index contributed by atoms with van der Waals surface area (Å²) in [5.74, 6) is 2.19. The van der Waals surface area contributed by atoms with E-state index in [1.165, 1.54) is 6.42 Å². The minimum absolute atomic E-state index is 0.0313. The Morgan fingerprint density at radius 1 is 1.42 bits per heavy atom. The first kappa shape index (κ1) is 15.9. The molecule has 4 heteroatoms. The average Bonchev–Trinajstić information content (AvgIpc) is 2.66. The first-order valence-electron chi connectivity index (χ1n) is 8.64. The largest absolute Gasteiger partial charge is 0.497 e. The molecule has 24 heavy (non-hydrogen) atoms. The zero-order valence-electron chi connectivity index (χ0n) is 14.0. The topological polar surface area (TPSA) is 25.4 Å². The smallest absolute Gasteiger partial charge is 0.119 e. The van der Waals surface area contributed by atoms with Crippen LogP contribution in [0.5, 0.6) is 5.75 Å². The first-order valence-corrected chi connectivity index (χ1v) is 9.08. The molecule has 5 atom stereocenters. The van der Waals surface area contributed by atoms with Crippen LogP contribution in [-0.2, 0) is 0 Å². The minimum atomic E-state index is -0.0313. The molecule has 0 spiro atoms. The summed E-state index contributed by atoms with van der Waals surface area (Å²) in [7, 11) is 1.69. The number of hydrogen-bond donors (Lipinski definition) is 0. The molecule has 0 N–H and O–H groups in total. The number of rotatable bonds is 4. The van der Waals surface area contributed by atoms with Crippen molar-refractivity contribution in [1.29, 1.82) is 0 Å². The van der Waals surface area contributed by atoms with Gasteiger partial charge in [0.1, 0.15) is 5.75 Å². The van der Waals surface area contributed by atoms with Crippen molar-refractivity contribution in [3.8, 4) is 5.75 Å². The van der Waals surface area contributed by atoms with Gasteiger partial charge in [-0.05, 0) is 61.1 Å². The second-order valence-corrected chi connectivity index (χ2v) is 7.40. The first-order chi connectivity index (χ1) is 11.7. The van der Waals surface area contributed by atoms with Crippen LogP contribution in [0.2, 0.25) is 0 Å². The number of hydrogen-bond acceptors (Lipinski definition) is 3. The molecule has 3 saturated heterocycles. The van der Waals surface area contributed by atoms with Crippen molar-refractivity contribution in [3.63, 3.8) is 0 Å². The summed E-state index contributed by atoms with van der Waals surface area (Å²) in [6, 6.07) is 8.45. The third-order valence-corrected chi connectivity index (χ3v) is 6.30. The monoisotopic (exact) mass is 342 g/mol. The Kier molecular flexibility index (Phi) is 4.23. The number of aromatic nitrogens is 1. The summed E-state index contributed by atoms with van der Waals surface area (Å²) >= 11 is 7.01. The molecule has 3 nitrogen and oxygen atoms in total. The predicted molar refractivity (Wildman–Crippen MR) is 98.7 cm³/mol. The number of piperidine rings is 3. The highest BCUT2D eigenvalue weighted by Crippen LogP contribution is 2.44. The predicted octanol–water partition coefficient (Wildman–Crippen LogP) is 4.42. The van der Waals surface area contributed by atoms with E-state index >= 15 is 0 Å². The quantitative estimate of drug-likeness (QED) is 0.607. The van der Waals surface area contributed by atoms with Crippen molar-refractivity contribution in [2.24, 2.45) is 11.8 Å². The van der Waals surface area contributed by atoms with Crippen molar-refractivity contribution in [3.05, 3.63) is 48.7 Å². The van der Waals surface area contributed by atoms with Gasteiger partial charge >= 0.3 is 0 Å². The summed E-state index contributed by atoms with van der Waals surface area (Å²) in [6.07, 6.45) is 6.41. The molecule has 1 aromatic carbocycles. The average molecular weight is 343 g/mol. The molecule has 3 aliphatic heterocycles. The van der Waals surface area contributed by atoms with E-state index in [0.717, 1.165) is 47.6 Å². The van der Waals surface area contributed by atoms with E-state index in [1.807, 2.05) is 18.3 Å². The lowest BCUT2D eigenvalue weighted by atomic mass is 9.74. The van der Waals surface area contributed by atoms with Gasteiger partial charge in [-0.2, -0.15) is 0 Å². The number of ether oxygens (including phenoxy) is 1. The van der Waals surface area contributed by atoms with Crippen LogP contribution in [0.15, 0.2) is 43.1 Å². The van der Waals surface area contributed by atoms with Crippen molar-refractivity contribution >= 4 is 22.5 Å². The molecule has 2 aromatic rings. The fourth-order valence-corrected chi connectivity index (χ4v) is 4.86. The van der Waals surface area contributed by atoms with E-state index in [0.29, 0.717) is 12.0 Å². The zero-order chi connectivity index (χ0) is 16.7. The van der Waals surface area contributed by atoms with Gasteiger partial charge < -0.3 is 4.74 Å². The fraction of sp³-hybridized carbons (Fsp3) is 0.450. The van der Waals surface area contributed by atoms with E-state index in [-0.39, 0.29) is 5.38 Å². The SMILES string of the molecule is C=CC1CN2CCC1CC2C(Cl)c1ccnc2ccc(OC)cc12. The number of halogens is 1. The maximum atomic E-state index is 7.01. The Balaban J connectivity index is 1.69. The lowest BCUT2D eigenvalue weighted by molar-refractivity contribution is 0.0173. The maximum absolute atomic E-state index is 7.01. The second kappa shape index (κ2) is 6.38. The van der Waals surface area contributed by atoms with E-state index in [4.69, 9.17) is 16.3 Å². The number of nitrogens with zero attached hydrogens (tertiary/aromatic N) is 2. The molecule has 2 bridgehead atoms. The summed E-state index contributed by atoms with van der Waals surface area (Å²) in [4.78, 5) is 7.03. The van der Waals surface area contributed by atoms with Crippen LogP contribution in [0.3, 0.4) is 0 Å². The number of benzene rings is 1. The highest BCUT2D eigenvalue weighted by atomic mass is 35.5. The number of fused-ring (bicyclic) bond motifs is 4. The van der Waals surface area contributed by atoms with Gasteiger partial charge in [-0.15, -0.1) is 18.2 Å². The lowest BCUT2D eigenvalue weighted by Gasteiger charge is -2.50. The number of alkyl halides is 1. The second-order valence-electron chi connectivity index (χ2n) is 6.93. The molecule has 0 amide bonds. The van der Waals surface area contributed by atoms with Gasteiger partial charge in [0.2, 0.25) is 0 Å². The number of pyridine rings is 1. The third-order valence-electron chi connectivity index (χ3n) is 5.77. The molecule has 0 radical (unpaired) electrons. The Labute approximate surface area is 148 Å². The number of methoxy groups -OCH3 is 1. The normalized spacial score (nSPS) is 30.2.